The summed E-state index contributed by atoms with van der Waals surface area (Å²) < 4.78 is 64.8. The number of halogens is 1. The number of unbranched alkanes of at least 4 members (excludes halogenated alkanes) is 10. The predicted molar refractivity (Wildman–Crippen MR) is 217 cm³/mol. The molecule has 0 aliphatic rings. The molecule has 11 nitrogen and oxygen atoms in total. The van der Waals surface area contributed by atoms with Crippen molar-refractivity contribution in [3.8, 4) is 17.2 Å². The van der Waals surface area contributed by atoms with E-state index in [0.29, 0.717) is 19.3 Å². The zero-order chi connectivity index (χ0) is 40.7. The molecule has 3 aromatic carbocycles. The third kappa shape index (κ3) is 13.8. The van der Waals surface area contributed by atoms with E-state index in [-0.39, 0.29) is 27.8 Å². The molecule has 304 valence electrons. The highest BCUT2D eigenvalue weighted by molar-refractivity contribution is 7.90. The Morgan fingerprint density at radius 2 is 1.25 bits per heavy atom. The molecule has 55 heavy (non-hydrogen) atoms. The summed E-state index contributed by atoms with van der Waals surface area (Å²) in [6, 6.07) is 17.7. The third-order valence-electron chi connectivity index (χ3n) is 9.12. The smallest absolute Gasteiger partial charge is 0.339 e. The standard InChI is InChI=1S/C41H57ClN2O9S2/c1-6-8-9-10-11-12-13-14-15-16-20-23-36(7-2)54(48,49)43-44(32-21-18-17-19-22-32)39(47)41(42,38(46)40(3,4)5)52-34-28-30-37(31-29-34)55(50,51)53-35-26-24-33(45)25-27-35/h17-19,21-22,24-31,36,43,45H,6-16,20,23H2,1-5H3. The summed E-state index contributed by atoms with van der Waals surface area (Å²) in [4.78, 5) is 30.7. The highest BCUT2D eigenvalue weighted by atomic mass is 35.5. The Morgan fingerprint density at radius 1 is 0.745 bits per heavy atom. The minimum Gasteiger partial charge on any atom is -0.508 e. The predicted octanol–water partition coefficient (Wildman–Crippen LogP) is 9.44. The van der Waals surface area contributed by atoms with E-state index in [4.69, 9.17) is 20.5 Å². The first-order valence-corrected chi connectivity index (χ1v) is 22.4. The number of rotatable bonds is 24. The Kier molecular flexibility index (Phi) is 17.5. The van der Waals surface area contributed by atoms with Gasteiger partial charge in [-0.25, -0.2) is 13.4 Å². The van der Waals surface area contributed by atoms with Crippen LogP contribution in [0.2, 0.25) is 0 Å². The molecule has 0 saturated heterocycles. The number of hydrazine groups is 1. The van der Waals surface area contributed by atoms with E-state index in [0.717, 1.165) is 36.4 Å². The van der Waals surface area contributed by atoms with Gasteiger partial charge in [0.2, 0.25) is 15.8 Å². The van der Waals surface area contributed by atoms with Gasteiger partial charge in [-0.05, 0) is 73.5 Å². The van der Waals surface area contributed by atoms with Crippen LogP contribution in [-0.4, -0.2) is 43.9 Å². The number of ketones is 1. The molecule has 0 bridgehead atoms. The molecule has 0 saturated carbocycles. The highest BCUT2D eigenvalue weighted by Gasteiger charge is 2.54. The molecule has 0 aromatic heterocycles. The van der Waals surface area contributed by atoms with Crippen LogP contribution in [0.25, 0.3) is 0 Å². The van der Waals surface area contributed by atoms with Gasteiger partial charge in [0.1, 0.15) is 22.1 Å². The zero-order valence-corrected chi connectivity index (χ0v) is 35.0. The van der Waals surface area contributed by atoms with Gasteiger partial charge >= 0.3 is 21.1 Å². The number of nitrogens with zero attached hydrogens (tertiary/aromatic N) is 1. The van der Waals surface area contributed by atoms with E-state index in [2.05, 4.69) is 11.8 Å². The van der Waals surface area contributed by atoms with Crippen LogP contribution in [-0.2, 0) is 29.7 Å². The molecule has 3 rings (SSSR count). The Morgan fingerprint density at radius 3 is 1.76 bits per heavy atom. The number of para-hydroxylation sites is 1. The monoisotopic (exact) mass is 820 g/mol. The van der Waals surface area contributed by atoms with Crippen molar-refractivity contribution >= 4 is 49.1 Å². The molecular weight excluding hydrogens is 764 g/mol. The maximum atomic E-state index is 14.5. The molecule has 0 heterocycles. The normalized spacial score (nSPS) is 13.8. The largest absolute Gasteiger partial charge is 0.508 e. The van der Waals surface area contributed by atoms with Crippen LogP contribution in [0.15, 0.2) is 83.8 Å². The van der Waals surface area contributed by atoms with Gasteiger partial charge in [-0.2, -0.15) is 8.42 Å². The maximum Gasteiger partial charge on any atom is 0.339 e. The molecule has 0 radical (unpaired) electrons. The van der Waals surface area contributed by atoms with Gasteiger partial charge in [-0.15, -0.1) is 4.83 Å². The maximum absolute atomic E-state index is 14.5. The van der Waals surface area contributed by atoms with Crippen LogP contribution in [0.3, 0.4) is 0 Å². The second kappa shape index (κ2) is 21.0. The number of carbonyl (C=O) groups is 2. The van der Waals surface area contributed by atoms with Gasteiger partial charge in [0.25, 0.3) is 0 Å². The highest BCUT2D eigenvalue weighted by Crippen LogP contribution is 2.35. The van der Waals surface area contributed by atoms with Crippen LogP contribution in [0, 0.1) is 5.41 Å². The number of hydrogen-bond acceptors (Lipinski definition) is 9. The Hall–Kier alpha value is -3.65. The number of benzene rings is 3. The Labute approximate surface area is 332 Å². The number of ether oxygens (including phenoxy) is 1. The summed E-state index contributed by atoms with van der Waals surface area (Å²) in [7, 11) is -8.52. The Bertz CT molecular complexity index is 1870. The fourth-order valence-electron chi connectivity index (χ4n) is 5.93. The SMILES string of the molecule is CCCCCCCCCCCCCC(CC)S(=O)(=O)NN(C(=O)C(Cl)(Oc1ccc(S(=O)(=O)Oc2ccc(O)cc2)cc1)C(=O)C(C)(C)C)c1ccccc1. The fraction of sp³-hybridized carbons (Fsp3) is 0.512. The second-order valence-electron chi connectivity index (χ2n) is 14.7. The van der Waals surface area contributed by atoms with Crippen molar-refractivity contribution in [2.75, 3.05) is 5.01 Å². The van der Waals surface area contributed by atoms with Crippen molar-refractivity contribution in [3.05, 3.63) is 78.9 Å². The molecule has 0 fully saturated rings. The van der Waals surface area contributed by atoms with E-state index >= 15 is 0 Å². The fourth-order valence-corrected chi connectivity index (χ4v) is 8.83. The first-order valence-electron chi connectivity index (χ1n) is 19.1. The molecule has 0 aliphatic heterocycles. The molecule has 1 amide bonds. The van der Waals surface area contributed by atoms with Crippen molar-refractivity contribution < 1.29 is 40.5 Å². The molecular formula is C41H57ClN2O9S2. The minimum absolute atomic E-state index is 0.0353. The van der Waals surface area contributed by atoms with Crippen LogP contribution in [0.5, 0.6) is 17.2 Å². The van der Waals surface area contributed by atoms with E-state index < -0.39 is 47.6 Å². The van der Waals surface area contributed by atoms with E-state index in [1.54, 1.807) is 25.1 Å². The lowest BCUT2D eigenvalue weighted by Crippen LogP contribution is -2.62. The van der Waals surface area contributed by atoms with Gasteiger partial charge in [0.05, 0.1) is 10.9 Å². The molecule has 0 aliphatic carbocycles. The lowest BCUT2D eigenvalue weighted by Gasteiger charge is -2.35. The molecule has 2 unspecified atom stereocenters. The van der Waals surface area contributed by atoms with E-state index in [1.807, 2.05) is 0 Å². The van der Waals surface area contributed by atoms with Crippen LogP contribution in [0.1, 0.15) is 118 Å². The zero-order valence-electron chi connectivity index (χ0n) is 32.6. The lowest BCUT2D eigenvalue weighted by atomic mass is 9.86. The number of phenolic OH excluding ortho intramolecular Hbond substituents is 1. The second-order valence-corrected chi connectivity index (χ2v) is 18.8. The van der Waals surface area contributed by atoms with E-state index in [1.165, 1.54) is 114 Å². The van der Waals surface area contributed by atoms with Gasteiger partial charge in [-0.1, -0.05) is 135 Å². The average Bonchev–Trinajstić information content (AvgIpc) is 3.14. The number of aromatic hydroxyl groups is 1. The summed E-state index contributed by atoms with van der Waals surface area (Å²) in [6.45, 7) is 8.60. The summed E-state index contributed by atoms with van der Waals surface area (Å²) in [5, 5.41) is 6.60. The Balaban J connectivity index is 1.81. The number of carbonyl (C=O) groups excluding carboxylic acids is 2. The molecule has 0 spiro atoms. The summed E-state index contributed by atoms with van der Waals surface area (Å²) >= 11 is 6.92. The quantitative estimate of drug-likeness (QED) is 0.0296. The average molecular weight is 821 g/mol. The minimum atomic E-state index is -4.33. The van der Waals surface area contributed by atoms with Crippen molar-refractivity contribution in [3.63, 3.8) is 0 Å². The number of anilines is 1. The van der Waals surface area contributed by atoms with Crippen molar-refractivity contribution in [1.82, 2.24) is 4.83 Å². The lowest BCUT2D eigenvalue weighted by molar-refractivity contribution is -0.145. The van der Waals surface area contributed by atoms with Gasteiger partial charge in [-0.3, -0.25) is 9.59 Å². The third-order valence-corrected chi connectivity index (χ3v) is 12.7. The summed E-state index contributed by atoms with van der Waals surface area (Å²) in [5.74, 6) is -2.33. The van der Waals surface area contributed by atoms with Crippen LogP contribution >= 0.6 is 11.6 Å². The number of sulfonamides is 1. The summed E-state index contributed by atoms with van der Waals surface area (Å²) in [5.41, 5.74) is -1.15. The molecule has 2 N–H and O–H groups in total. The van der Waals surface area contributed by atoms with Crippen molar-refractivity contribution in [1.29, 1.82) is 0 Å². The van der Waals surface area contributed by atoms with E-state index in [9.17, 15) is 31.5 Å². The number of nitrogens with one attached hydrogen (secondary N) is 1. The first kappa shape index (κ1) is 45.7. The molecule has 3 aromatic rings. The number of alkyl halides is 1. The van der Waals surface area contributed by atoms with Gasteiger partial charge in [0.15, 0.2) is 0 Å². The molecule has 14 heteroatoms. The number of Topliss-reactive ketones (excluding diaryl/α,β-unsaturated/α-hetero) is 1. The molecule has 2 atom stereocenters. The topological polar surface area (TPSA) is 156 Å². The van der Waals surface area contributed by atoms with Gasteiger partial charge in [0, 0.05) is 5.41 Å². The summed E-state index contributed by atoms with van der Waals surface area (Å²) in [6.07, 6.45) is 13.1. The number of amides is 1. The van der Waals surface area contributed by atoms with Gasteiger partial charge < -0.3 is 14.0 Å². The number of hydrogen-bond donors (Lipinski definition) is 2. The van der Waals surface area contributed by atoms with Crippen molar-refractivity contribution in [2.24, 2.45) is 5.41 Å². The van der Waals surface area contributed by atoms with Crippen LogP contribution in [0.4, 0.5) is 5.69 Å². The first-order chi connectivity index (χ1) is 25.9. The van der Waals surface area contributed by atoms with Crippen molar-refractivity contribution in [2.45, 2.75) is 133 Å². The van der Waals surface area contributed by atoms with Crippen LogP contribution < -0.4 is 18.8 Å². The number of phenols is 1.